The van der Waals surface area contributed by atoms with Crippen LogP contribution >= 0.6 is 11.6 Å². The summed E-state index contributed by atoms with van der Waals surface area (Å²) in [6.07, 6.45) is 1.69. The van der Waals surface area contributed by atoms with Gasteiger partial charge in [-0.25, -0.2) is 9.97 Å². The Morgan fingerprint density at radius 3 is 2.32 bits per heavy atom. The lowest BCUT2D eigenvalue weighted by Gasteiger charge is -2.28. The predicted molar refractivity (Wildman–Crippen MR) is 88.6 cm³/mol. The molecule has 1 amide bonds. The molecule has 116 valence electrons. The van der Waals surface area contributed by atoms with Crippen molar-refractivity contribution in [1.29, 1.82) is 0 Å². The lowest BCUT2D eigenvalue weighted by Crippen LogP contribution is -2.31. The summed E-state index contributed by atoms with van der Waals surface area (Å²) in [4.78, 5) is 20.0. The fourth-order valence-corrected chi connectivity index (χ4v) is 2.77. The van der Waals surface area contributed by atoms with E-state index < -0.39 is 0 Å². The Bertz CT molecular complexity index is 690. The second-order valence-corrected chi connectivity index (χ2v) is 6.83. The minimum atomic E-state index is -0.336. The van der Waals surface area contributed by atoms with E-state index in [0.717, 1.165) is 22.4 Å². The summed E-state index contributed by atoms with van der Waals surface area (Å²) in [5.41, 5.74) is 8.91. The van der Waals surface area contributed by atoms with Crippen molar-refractivity contribution in [2.75, 3.05) is 0 Å². The average molecular weight is 318 g/mol. The highest BCUT2D eigenvalue weighted by molar-refractivity contribution is 6.28. The van der Waals surface area contributed by atoms with E-state index in [1.807, 2.05) is 52.0 Å². The first-order valence-corrected chi connectivity index (χ1v) is 7.46. The molecule has 0 saturated carbocycles. The molecule has 22 heavy (non-hydrogen) atoms. The zero-order chi connectivity index (χ0) is 16.5. The van der Waals surface area contributed by atoms with Crippen LogP contribution in [-0.4, -0.2) is 15.9 Å². The molecule has 1 aromatic heterocycles. The summed E-state index contributed by atoms with van der Waals surface area (Å²) in [5.74, 6) is -0.654. The largest absolute Gasteiger partial charge is 0.369 e. The number of aryl methyl sites for hydroxylation is 1. The van der Waals surface area contributed by atoms with E-state index in [4.69, 9.17) is 17.3 Å². The summed E-state index contributed by atoms with van der Waals surface area (Å²) < 4.78 is 0. The summed E-state index contributed by atoms with van der Waals surface area (Å²) in [6.45, 7) is 7.95. The average Bonchev–Trinajstić information content (AvgIpc) is 2.40. The molecular weight excluding hydrogens is 298 g/mol. The SMILES string of the molecule is Cc1cnc(Cl)nc1-c1ccc(C(C(N)=O)C(C)(C)C)cc1. The molecule has 0 radical (unpaired) electrons. The quantitative estimate of drug-likeness (QED) is 0.877. The van der Waals surface area contributed by atoms with Crippen LogP contribution in [0.2, 0.25) is 5.28 Å². The number of nitrogens with zero attached hydrogens (tertiary/aromatic N) is 2. The topological polar surface area (TPSA) is 68.9 Å². The van der Waals surface area contributed by atoms with E-state index >= 15 is 0 Å². The van der Waals surface area contributed by atoms with E-state index in [1.165, 1.54) is 0 Å². The smallest absolute Gasteiger partial charge is 0.225 e. The van der Waals surface area contributed by atoms with Gasteiger partial charge in [0.25, 0.3) is 0 Å². The molecule has 2 N–H and O–H groups in total. The second kappa shape index (κ2) is 6.05. The third-order valence-corrected chi connectivity index (χ3v) is 3.79. The van der Waals surface area contributed by atoms with Gasteiger partial charge in [-0.05, 0) is 35.1 Å². The number of hydrogen-bond acceptors (Lipinski definition) is 3. The number of halogens is 1. The van der Waals surface area contributed by atoms with Crippen LogP contribution < -0.4 is 5.73 Å². The minimum absolute atomic E-state index is 0.217. The van der Waals surface area contributed by atoms with Gasteiger partial charge < -0.3 is 5.73 Å². The summed E-state index contributed by atoms with van der Waals surface area (Å²) >= 11 is 5.87. The number of amides is 1. The molecule has 0 aliphatic heterocycles. The van der Waals surface area contributed by atoms with Crippen molar-refractivity contribution < 1.29 is 4.79 Å². The van der Waals surface area contributed by atoms with Gasteiger partial charge in [-0.1, -0.05) is 45.0 Å². The maximum atomic E-state index is 11.8. The Labute approximate surface area is 135 Å². The van der Waals surface area contributed by atoms with Crippen molar-refractivity contribution in [3.8, 4) is 11.3 Å². The Morgan fingerprint density at radius 2 is 1.82 bits per heavy atom. The number of carbonyl (C=O) groups is 1. The van der Waals surface area contributed by atoms with Crippen LogP contribution in [0.5, 0.6) is 0 Å². The van der Waals surface area contributed by atoms with Crippen LogP contribution in [0.3, 0.4) is 0 Å². The van der Waals surface area contributed by atoms with Crippen LogP contribution in [0, 0.1) is 12.3 Å². The molecule has 0 fully saturated rings. The van der Waals surface area contributed by atoms with Gasteiger partial charge >= 0.3 is 0 Å². The van der Waals surface area contributed by atoms with Crippen LogP contribution in [-0.2, 0) is 4.79 Å². The maximum absolute atomic E-state index is 11.8. The monoisotopic (exact) mass is 317 g/mol. The van der Waals surface area contributed by atoms with Crippen LogP contribution in [0.15, 0.2) is 30.5 Å². The molecule has 0 bridgehead atoms. The van der Waals surface area contributed by atoms with Gasteiger partial charge in [0.15, 0.2) is 0 Å². The third-order valence-electron chi connectivity index (χ3n) is 3.61. The van der Waals surface area contributed by atoms with Crippen molar-refractivity contribution >= 4 is 17.5 Å². The van der Waals surface area contributed by atoms with Crippen molar-refractivity contribution in [2.24, 2.45) is 11.1 Å². The lowest BCUT2D eigenvalue weighted by molar-refractivity contribution is -0.121. The summed E-state index contributed by atoms with van der Waals surface area (Å²) in [6, 6.07) is 7.71. The molecule has 4 nitrogen and oxygen atoms in total. The Hall–Kier alpha value is -1.94. The number of aromatic nitrogens is 2. The van der Waals surface area contributed by atoms with Crippen molar-refractivity contribution in [1.82, 2.24) is 9.97 Å². The second-order valence-electron chi connectivity index (χ2n) is 6.49. The Balaban J connectivity index is 2.42. The van der Waals surface area contributed by atoms with E-state index in [9.17, 15) is 4.79 Å². The first-order chi connectivity index (χ1) is 10.2. The standard InChI is InChI=1S/C17H20ClN3O/c1-10-9-20-16(18)21-14(10)12-7-5-11(6-8-12)13(15(19)22)17(2,3)4/h5-9,13H,1-4H3,(H2,19,22). The Morgan fingerprint density at radius 1 is 1.23 bits per heavy atom. The highest BCUT2D eigenvalue weighted by Crippen LogP contribution is 2.35. The molecule has 0 aliphatic rings. The normalized spacial score (nSPS) is 13.0. The van der Waals surface area contributed by atoms with Gasteiger partial charge in [-0.15, -0.1) is 0 Å². The van der Waals surface area contributed by atoms with Crippen molar-refractivity contribution in [3.63, 3.8) is 0 Å². The van der Waals surface area contributed by atoms with Crippen molar-refractivity contribution in [3.05, 3.63) is 46.9 Å². The molecular formula is C17H20ClN3O. The van der Waals surface area contributed by atoms with Gasteiger partial charge in [0.1, 0.15) is 0 Å². The number of carbonyl (C=O) groups excluding carboxylic acids is 1. The van der Waals surface area contributed by atoms with Gasteiger partial charge in [0, 0.05) is 11.8 Å². The lowest BCUT2D eigenvalue weighted by atomic mass is 9.76. The number of benzene rings is 1. The zero-order valence-electron chi connectivity index (χ0n) is 13.2. The minimum Gasteiger partial charge on any atom is -0.369 e. The first kappa shape index (κ1) is 16.4. The Kier molecular flexibility index (Phi) is 4.52. The third kappa shape index (κ3) is 3.45. The van der Waals surface area contributed by atoms with Gasteiger partial charge in [-0.2, -0.15) is 0 Å². The number of primary amides is 1. The van der Waals surface area contributed by atoms with Gasteiger partial charge in [0.2, 0.25) is 11.2 Å². The molecule has 1 heterocycles. The maximum Gasteiger partial charge on any atom is 0.225 e. The van der Waals surface area contributed by atoms with E-state index in [2.05, 4.69) is 9.97 Å². The van der Waals surface area contributed by atoms with Crippen molar-refractivity contribution in [2.45, 2.75) is 33.6 Å². The fraction of sp³-hybridized carbons (Fsp3) is 0.353. The molecule has 0 spiro atoms. The van der Waals surface area contributed by atoms with E-state index in [0.29, 0.717) is 0 Å². The van der Waals surface area contributed by atoms with E-state index in [-0.39, 0.29) is 22.5 Å². The van der Waals surface area contributed by atoms with Crippen LogP contribution in [0.1, 0.15) is 37.8 Å². The molecule has 1 aromatic carbocycles. The molecule has 2 aromatic rings. The molecule has 1 atom stereocenters. The molecule has 0 saturated heterocycles. The number of hydrogen-bond donors (Lipinski definition) is 1. The fourth-order valence-electron chi connectivity index (χ4n) is 2.64. The molecule has 1 unspecified atom stereocenters. The number of rotatable bonds is 3. The van der Waals surface area contributed by atoms with Crippen LogP contribution in [0.25, 0.3) is 11.3 Å². The van der Waals surface area contributed by atoms with Gasteiger partial charge in [0.05, 0.1) is 11.6 Å². The highest BCUT2D eigenvalue weighted by Gasteiger charge is 2.31. The van der Waals surface area contributed by atoms with Gasteiger partial charge in [-0.3, -0.25) is 4.79 Å². The zero-order valence-corrected chi connectivity index (χ0v) is 14.0. The first-order valence-electron chi connectivity index (χ1n) is 7.09. The molecule has 5 heteroatoms. The summed E-state index contributed by atoms with van der Waals surface area (Å²) in [5, 5.41) is 0.217. The van der Waals surface area contributed by atoms with Crippen LogP contribution in [0.4, 0.5) is 0 Å². The summed E-state index contributed by atoms with van der Waals surface area (Å²) in [7, 11) is 0. The van der Waals surface area contributed by atoms with E-state index in [1.54, 1.807) is 6.20 Å². The highest BCUT2D eigenvalue weighted by atomic mass is 35.5. The molecule has 2 rings (SSSR count). The molecule has 0 aliphatic carbocycles. The number of nitrogens with two attached hydrogens (primary N) is 1. The predicted octanol–water partition coefficient (Wildman–Crippen LogP) is 3.72.